The van der Waals surface area contributed by atoms with E-state index < -0.39 is 23.3 Å². The van der Waals surface area contributed by atoms with Crippen LogP contribution in [0.5, 0.6) is 0 Å². The summed E-state index contributed by atoms with van der Waals surface area (Å²) < 4.78 is 48.9. The third kappa shape index (κ3) is 4.24. The molecule has 34 heavy (non-hydrogen) atoms. The van der Waals surface area contributed by atoms with Gasteiger partial charge in [-0.05, 0) is 36.8 Å². The van der Waals surface area contributed by atoms with Crippen molar-refractivity contribution in [2.75, 3.05) is 36.5 Å². The van der Waals surface area contributed by atoms with E-state index in [1.165, 1.54) is 17.4 Å². The van der Waals surface area contributed by atoms with Crippen LogP contribution in [0.4, 0.5) is 24.0 Å². The van der Waals surface area contributed by atoms with E-state index in [9.17, 15) is 18.0 Å². The molecule has 1 aliphatic rings. The number of fused-ring (bicyclic) bond motifs is 1. The first-order valence-electron chi connectivity index (χ1n) is 10.6. The molecule has 11 heteroatoms. The number of anilines is 2. The summed E-state index contributed by atoms with van der Waals surface area (Å²) in [5.74, 6) is -0.885. The summed E-state index contributed by atoms with van der Waals surface area (Å²) in [5.41, 5.74) is 0.339. The number of nitrogens with one attached hydrogen (secondary N) is 1. The van der Waals surface area contributed by atoms with E-state index >= 15 is 0 Å². The van der Waals surface area contributed by atoms with Crippen LogP contribution in [0.25, 0.3) is 15.9 Å². The topological polar surface area (TPSA) is 72.3 Å². The molecule has 1 amide bonds. The van der Waals surface area contributed by atoms with Crippen LogP contribution in [-0.4, -0.2) is 47.0 Å². The fourth-order valence-corrected chi connectivity index (χ4v) is 4.91. The number of carbonyl (C=O) groups excluding carboxylic acids is 1. The second-order valence-electron chi connectivity index (χ2n) is 7.84. The van der Waals surface area contributed by atoms with Crippen LogP contribution >= 0.6 is 11.3 Å². The molecule has 2 aromatic heterocycles. The molecule has 0 spiro atoms. The zero-order valence-electron chi connectivity index (χ0n) is 18.1. The molecule has 0 bridgehead atoms. The zero-order chi connectivity index (χ0) is 23.9. The highest BCUT2D eigenvalue weighted by molar-refractivity contribution is 7.22. The van der Waals surface area contributed by atoms with Gasteiger partial charge >= 0.3 is 6.18 Å². The highest BCUT2D eigenvalue weighted by Crippen LogP contribution is 2.35. The Labute approximate surface area is 196 Å². The fourth-order valence-electron chi connectivity index (χ4n) is 3.85. The SMILES string of the molecule is Cc1ccccc1-n1ncc(C(=O)Nc2ccc3nc(N4CCOCC4)sc3c2)c1C(F)(F)F. The largest absolute Gasteiger partial charge is 0.434 e. The number of hydrogen-bond acceptors (Lipinski definition) is 6. The van der Waals surface area contributed by atoms with Gasteiger partial charge in [-0.2, -0.15) is 18.3 Å². The van der Waals surface area contributed by atoms with Crippen LogP contribution in [0.2, 0.25) is 0 Å². The lowest BCUT2D eigenvalue weighted by Gasteiger charge is -2.25. The average molecular weight is 488 g/mol. The molecule has 1 saturated heterocycles. The van der Waals surface area contributed by atoms with Crippen molar-refractivity contribution >= 4 is 38.3 Å². The smallest absolute Gasteiger partial charge is 0.378 e. The van der Waals surface area contributed by atoms with E-state index in [1.54, 1.807) is 43.3 Å². The number of alkyl halides is 3. The standard InChI is InChI=1S/C23H20F3N5O2S/c1-14-4-2-3-5-18(14)31-20(23(24,25)26)16(13-27-31)21(32)28-15-6-7-17-19(12-15)34-22(29-17)30-8-10-33-11-9-30/h2-7,12-13H,8-11H2,1H3,(H,28,32). The Balaban J connectivity index is 1.44. The molecule has 0 saturated carbocycles. The van der Waals surface area contributed by atoms with Gasteiger partial charge in [-0.3, -0.25) is 4.79 Å². The molecule has 1 N–H and O–H groups in total. The second kappa shape index (κ2) is 8.73. The third-order valence-corrected chi connectivity index (χ3v) is 6.62. The van der Waals surface area contributed by atoms with Crippen molar-refractivity contribution in [3.8, 4) is 5.69 Å². The molecule has 1 aliphatic heterocycles. The van der Waals surface area contributed by atoms with Gasteiger partial charge in [0.15, 0.2) is 10.8 Å². The predicted octanol–water partition coefficient (Wildman–Crippen LogP) is 4.90. The molecular formula is C23H20F3N5O2S. The molecule has 5 rings (SSSR count). The number of amides is 1. The van der Waals surface area contributed by atoms with E-state index in [2.05, 4.69) is 20.3 Å². The van der Waals surface area contributed by atoms with Crippen LogP contribution in [0.3, 0.4) is 0 Å². The second-order valence-corrected chi connectivity index (χ2v) is 8.84. The summed E-state index contributed by atoms with van der Waals surface area (Å²) in [4.78, 5) is 19.6. The van der Waals surface area contributed by atoms with Gasteiger partial charge < -0.3 is 15.0 Å². The van der Waals surface area contributed by atoms with Crippen molar-refractivity contribution < 1.29 is 22.7 Å². The maximum atomic E-state index is 14.0. The summed E-state index contributed by atoms with van der Waals surface area (Å²) >= 11 is 1.46. The lowest BCUT2D eigenvalue weighted by atomic mass is 10.1. The summed E-state index contributed by atoms with van der Waals surface area (Å²) in [6, 6.07) is 11.7. The summed E-state index contributed by atoms with van der Waals surface area (Å²) in [5, 5.41) is 7.33. The number of ether oxygens (including phenoxy) is 1. The maximum Gasteiger partial charge on any atom is 0.434 e. The number of thiazole rings is 1. The molecule has 0 aliphatic carbocycles. The number of aryl methyl sites for hydroxylation is 1. The van der Waals surface area contributed by atoms with E-state index in [0.29, 0.717) is 24.5 Å². The normalized spacial score (nSPS) is 14.5. The van der Waals surface area contributed by atoms with Crippen molar-refractivity contribution in [2.45, 2.75) is 13.1 Å². The summed E-state index contributed by atoms with van der Waals surface area (Å²) in [7, 11) is 0. The van der Waals surface area contributed by atoms with Gasteiger partial charge in [-0.15, -0.1) is 0 Å². The number of morpholine rings is 1. The highest BCUT2D eigenvalue weighted by atomic mass is 32.1. The van der Waals surface area contributed by atoms with Gasteiger partial charge in [-0.1, -0.05) is 29.5 Å². The minimum absolute atomic E-state index is 0.260. The van der Waals surface area contributed by atoms with Gasteiger partial charge in [0.05, 0.1) is 40.9 Å². The number of hydrogen-bond donors (Lipinski definition) is 1. The number of halogens is 3. The molecule has 0 unspecified atom stereocenters. The van der Waals surface area contributed by atoms with E-state index in [-0.39, 0.29) is 5.69 Å². The maximum absolute atomic E-state index is 14.0. The van der Waals surface area contributed by atoms with E-state index in [0.717, 1.165) is 39.3 Å². The van der Waals surface area contributed by atoms with Crippen LogP contribution in [0.1, 0.15) is 21.6 Å². The van der Waals surface area contributed by atoms with Crippen LogP contribution in [-0.2, 0) is 10.9 Å². The Morgan fingerprint density at radius 1 is 1.15 bits per heavy atom. The Bertz CT molecular complexity index is 1360. The Hall–Kier alpha value is -3.44. The van der Waals surface area contributed by atoms with Gasteiger partial charge in [0.25, 0.3) is 5.91 Å². The third-order valence-electron chi connectivity index (χ3n) is 5.54. The fraction of sp³-hybridized carbons (Fsp3) is 0.261. The minimum atomic E-state index is -4.78. The van der Waals surface area contributed by atoms with Crippen LogP contribution < -0.4 is 10.2 Å². The lowest BCUT2D eigenvalue weighted by molar-refractivity contribution is -0.143. The molecule has 2 aromatic carbocycles. The number of carbonyl (C=O) groups is 1. The van der Waals surface area contributed by atoms with Crippen LogP contribution in [0, 0.1) is 6.92 Å². The summed E-state index contributed by atoms with van der Waals surface area (Å²) in [6.07, 6.45) is -3.83. The van der Waals surface area contributed by atoms with Crippen molar-refractivity contribution in [1.29, 1.82) is 0 Å². The first kappa shape index (κ1) is 22.4. The first-order valence-corrected chi connectivity index (χ1v) is 11.4. The minimum Gasteiger partial charge on any atom is -0.378 e. The molecule has 0 radical (unpaired) electrons. The van der Waals surface area contributed by atoms with Gasteiger partial charge in [0.1, 0.15) is 0 Å². The average Bonchev–Trinajstić information content (AvgIpc) is 3.44. The van der Waals surface area contributed by atoms with E-state index in [1.807, 2.05) is 0 Å². The van der Waals surface area contributed by atoms with Crippen molar-refractivity contribution in [3.63, 3.8) is 0 Å². The number of benzene rings is 2. The monoisotopic (exact) mass is 487 g/mol. The van der Waals surface area contributed by atoms with Crippen molar-refractivity contribution in [3.05, 3.63) is 65.5 Å². The molecule has 0 atom stereocenters. The molecular weight excluding hydrogens is 467 g/mol. The lowest BCUT2D eigenvalue weighted by Crippen LogP contribution is -2.36. The number of nitrogens with zero attached hydrogens (tertiary/aromatic N) is 4. The molecule has 176 valence electrons. The molecule has 3 heterocycles. The predicted molar refractivity (Wildman–Crippen MR) is 124 cm³/mol. The van der Waals surface area contributed by atoms with Gasteiger partial charge in [-0.25, -0.2) is 9.67 Å². The molecule has 4 aromatic rings. The van der Waals surface area contributed by atoms with Crippen molar-refractivity contribution in [1.82, 2.24) is 14.8 Å². The van der Waals surface area contributed by atoms with Gasteiger partial charge in [0.2, 0.25) is 0 Å². The number of rotatable bonds is 4. The molecule has 1 fully saturated rings. The van der Waals surface area contributed by atoms with E-state index in [4.69, 9.17) is 4.74 Å². The highest BCUT2D eigenvalue weighted by Gasteiger charge is 2.40. The Kier molecular flexibility index (Phi) is 5.74. The van der Waals surface area contributed by atoms with Crippen molar-refractivity contribution in [2.24, 2.45) is 0 Å². The van der Waals surface area contributed by atoms with Gasteiger partial charge in [0, 0.05) is 18.8 Å². The Morgan fingerprint density at radius 3 is 2.65 bits per heavy atom. The number of para-hydroxylation sites is 1. The Morgan fingerprint density at radius 2 is 1.91 bits per heavy atom. The first-order chi connectivity index (χ1) is 16.3. The zero-order valence-corrected chi connectivity index (χ0v) is 18.9. The van der Waals surface area contributed by atoms with Crippen LogP contribution in [0.15, 0.2) is 48.7 Å². The molecule has 7 nitrogen and oxygen atoms in total. The number of aromatic nitrogens is 3. The quantitative estimate of drug-likeness (QED) is 0.444. The summed E-state index contributed by atoms with van der Waals surface area (Å²) in [6.45, 7) is 4.44.